The second-order valence-corrected chi connectivity index (χ2v) is 6.63. The maximum absolute atomic E-state index is 12.8. The molecule has 0 aliphatic carbocycles. The van der Waals surface area contributed by atoms with Crippen molar-refractivity contribution in [2.24, 2.45) is 0 Å². The van der Waals surface area contributed by atoms with Crippen LogP contribution in [0.1, 0.15) is 12.0 Å². The van der Waals surface area contributed by atoms with E-state index in [-0.39, 0.29) is 0 Å². The molecule has 1 unspecified atom stereocenters. The number of allylic oxidation sites excluding steroid dienone is 1. The molecule has 1 aliphatic rings. The predicted octanol–water partition coefficient (Wildman–Crippen LogP) is 3.97. The summed E-state index contributed by atoms with van der Waals surface area (Å²) in [6.07, 6.45) is -0.489. The summed E-state index contributed by atoms with van der Waals surface area (Å²) in [7, 11) is 1.57. The third-order valence-electron chi connectivity index (χ3n) is 3.44. The molecule has 132 valence electrons. The van der Waals surface area contributed by atoms with Crippen LogP contribution in [-0.2, 0) is 9.53 Å². The van der Waals surface area contributed by atoms with Gasteiger partial charge >= 0.3 is 0 Å². The zero-order valence-electron chi connectivity index (χ0n) is 13.0. The SMILES string of the molecule is COCCOc1ccc(C2=CCC(Br)C(=O)N2CC(F)F)c(Cl)c1. The van der Waals surface area contributed by atoms with E-state index in [2.05, 4.69) is 15.9 Å². The monoisotopic (exact) mass is 423 g/mol. The summed E-state index contributed by atoms with van der Waals surface area (Å²) in [6.45, 7) is 0.138. The van der Waals surface area contributed by atoms with Crippen molar-refractivity contribution in [3.05, 3.63) is 34.9 Å². The molecule has 0 saturated heterocycles. The summed E-state index contributed by atoms with van der Waals surface area (Å²) in [6, 6.07) is 4.94. The number of hydrogen-bond acceptors (Lipinski definition) is 3. The van der Waals surface area contributed by atoms with Crippen LogP contribution in [0.15, 0.2) is 24.3 Å². The third-order valence-corrected chi connectivity index (χ3v) is 4.51. The van der Waals surface area contributed by atoms with Crippen molar-refractivity contribution < 1.29 is 23.0 Å². The maximum atomic E-state index is 12.8. The van der Waals surface area contributed by atoms with E-state index < -0.39 is 23.7 Å². The standard InChI is InChI=1S/C16H17BrClF2NO3/c1-23-6-7-24-10-2-3-11(13(18)8-10)14-5-4-12(17)16(22)21(14)9-15(19)20/h2-3,5,8,12,15H,4,6-7,9H2,1H3. The Morgan fingerprint density at radius 2 is 2.17 bits per heavy atom. The van der Waals surface area contributed by atoms with Gasteiger partial charge in [-0.05, 0) is 24.6 Å². The molecule has 0 aromatic heterocycles. The van der Waals surface area contributed by atoms with Crippen molar-refractivity contribution >= 4 is 39.1 Å². The lowest BCUT2D eigenvalue weighted by Gasteiger charge is -2.31. The van der Waals surface area contributed by atoms with Gasteiger partial charge in [-0.25, -0.2) is 8.78 Å². The van der Waals surface area contributed by atoms with Crippen LogP contribution in [0, 0.1) is 0 Å². The molecule has 1 aromatic rings. The average molecular weight is 425 g/mol. The van der Waals surface area contributed by atoms with E-state index in [9.17, 15) is 13.6 Å². The summed E-state index contributed by atoms with van der Waals surface area (Å²) in [4.78, 5) is 12.8. The van der Waals surface area contributed by atoms with Crippen molar-refractivity contribution in [3.63, 3.8) is 0 Å². The number of alkyl halides is 3. The molecule has 1 atom stereocenters. The molecule has 0 N–H and O–H groups in total. The van der Waals surface area contributed by atoms with Gasteiger partial charge in [0.1, 0.15) is 12.4 Å². The van der Waals surface area contributed by atoms with Gasteiger partial charge in [-0.15, -0.1) is 0 Å². The van der Waals surface area contributed by atoms with E-state index >= 15 is 0 Å². The minimum atomic E-state index is -2.63. The molecule has 1 amide bonds. The molecule has 0 saturated carbocycles. The molecule has 0 spiro atoms. The molecule has 1 aromatic carbocycles. The summed E-state index contributed by atoms with van der Waals surface area (Å²) in [5.74, 6) is 0.145. The number of benzene rings is 1. The Kier molecular flexibility index (Phi) is 7.01. The second kappa shape index (κ2) is 8.78. The lowest BCUT2D eigenvalue weighted by molar-refractivity contribution is -0.129. The molecule has 4 nitrogen and oxygen atoms in total. The Morgan fingerprint density at radius 1 is 1.42 bits per heavy atom. The third kappa shape index (κ3) is 4.68. The van der Waals surface area contributed by atoms with E-state index in [1.807, 2.05) is 0 Å². The smallest absolute Gasteiger partial charge is 0.256 e. The Morgan fingerprint density at radius 3 is 2.79 bits per heavy atom. The van der Waals surface area contributed by atoms with Crippen LogP contribution in [0.25, 0.3) is 5.70 Å². The second-order valence-electron chi connectivity index (χ2n) is 5.12. The van der Waals surface area contributed by atoms with Gasteiger partial charge in [0.2, 0.25) is 5.91 Å². The highest BCUT2D eigenvalue weighted by atomic mass is 79.9. The van der Waals surface area contributed by atoms with Gasteiger partial charge in [-0.1, -0.05) is 33.6 Å². The normalized spacial score (nSPS) is 18.1. The fraction of sp³-hybridized carbons (Fsp3) is 0.438. The minimum absolute atomic E-state index is 0.330. The fourth-order valence-electron chi connectivity index (χ4n) is 2.33. The number of halogens is 4. The highest BCUT2D eigenvalue weighted by Crippen LogP contribution is 2.34. The quantitative estimate of drug-likeness (QED) is 0.491. The number of ether oxygens (including phenoxy) is 2. The number of methoxy groups -OCH3 is 1. The van der Waals surface area contributed by atoms with Crippen LogP contribution in [0.4, 0.5) is 8.78 Å². The molecule has 0 radical (unpaired) electrons. The molecule has 0 fully saturated rings. The van der Waals surface area contributed by atoms with Crippen LogP contribution in [0.5, 0.6) is 5.75 Å². The zero-order chi connectivity index (χ0) is 17.7. The summed E-state index contributed by atoms with van der Waals surface area (Å²) >= 11 is 9.48. The zero-order valence-corrected chi connectivity index (χ0v) is 15.3. The first kappa shape index (κ1) is 19.1. The maximum Gasteiger partial charge on any atom is 0.256 e. The Bertz CT molecular complexity index is 627. The van der Waals surface area contributed by atoms with Gasteiger partial charge < -0.3 is 14.4 Å². The first-order valence-electron chi connectivity index (χ1n) is 7.29. The van der Waals surface area contributed by atoms with Crippen LogP contribution < -0.4 is 4.74 Å². The molecule has 2 rings (SSSR count). The van der Waals surface area contributed by atoms with E-state index in [1.165, 1.54) is 0 Å². The Balaban J connectivity index is 2.26. The molecular formula is C16H17BrClF2NO3. The molecule has 0 bridgehead atoms. The number of hydrogen-bond donors (Lipinski definition) is 0. The van der Waals surface area contributed by atoms with Gasteiger partial charge in [0.15, 0.2) is 0 Å². The molecule has 8 heteroatoms. The number of rotatable bonds is 7. The summed E-state index contributed by atoms with van der Waals surface area (Å²) in [5.41, 5.74) is 0.911. The van der Waals surface area contributed by atoms with Gasteiger partial charge in [0.25, 0.3) is 6.43 Å². The van der Waals surface area contributed by atoms with E-state index in [4.69, 9.17) is 21.1 Å². The number of amides is 1. The first-order valence-corrected chi connectivity index (χ1v) is 8.58. The van der Waals surface area contributed by atoms with Crippen molar-refractivity contribution in [1.82, 2.24) is 4.90 Å². The summed E-state index contributed by atoms with van der Waals surface area (Å²) in [5, 5.41) is 0.330. The Labute approximate surface area is 152 Å². The number of nitrogens with zero attached hydrogens (tertiary/aromatic N) is 1. The average Bonchev–Trinajstić information content (AvgIpc) is 2.53. The van der Waals surface area contributed by atoms with Crippen LogP contribution >= 0.6 is 27.5 Å². The lowest BCUT2D eigenvalue weighted by atomic mass is 10.0. The van der Waals surface area contributed by atoms with Crippen molar-refractivity contribution in [1.29, 1.82) is 0 Å². The largest absolute Gasteiger partial charge is 0.491 e. The number of carbonyl (C=O) groups is 1. The van der Waals surface area contributed by atoms with E-state index in [0.717, 1.165) is 4.90 Å². The van der Waals surface area contributed by atoms with Gasteiger partial charge in [0.05, 0.1) is 23.0 Å². The van der Waals surface area contributed by atoms with Crippen molar-refractivity contribution in [3.8, 4) is 5.75 Å². The summed E-state index contributed by atoms with van der Waals surface area (Å²) < 4.78 is 36.1. The highest BCUT2D eigenvalue weighted by molar-refractivity contribution is 9.10. The lowest BCUT2D eigenvalue weighted by Crippen LogP contribution is -2.41. The van der Waals surface area contributed by atoms with Gasteiger partial charge in [-0.3, -0.25) is 4.79 Å². The van der Waals surface area contributed by atoms with Gasteiger partial charge in [-0.2, -0.15) is 0 Å². The van der Waals surface area contributed by atoms with Gasteiger partial charge in [0, 0.05) is 18.4 Å². The molecule has 1 heterocycles. The first-order chi connectivity index (χ1) is 11.4. The van der Waals surface area contributed by atoms with Crippen molar-refractivity contribution in [2.45, 2.75) is 17.7 Å². The predicted molar refractivity (Wildman–Crippen MR) is 91.8 cm³/mol. The Hall–Kier alpha value is -1.18. The van der Waals surface area contributed by atoms with Crippen LogP contribution in [0.2, 0.25) is 5.02 Å². The van der Waals surface area contributed by atoms with Crippen LogP contribution in [-0.4, -0.2) is 48.9 Å². The minimum Gasteiger partial charge on any atom is -0.491 e. The highest BCUT2D eigenvalue weighted by Gasteiger charge is 2.32. The van der Waals surface area contributed by atoms with Crippen LogP contribution in [0.3, 0.4) is 0 Å². The molecule has 1 aliphatic heterocycles. The number of carbonyl (C=O) groups excluding carboxylic acids is 1. The van der Waals surface area contributed by atoms with E-state index in [0.29, 0.717) is 41.7 Å². The molecular weight excluding hydrogens is 408 g/mol. The van der Waals surface area contributed by atoms with E-state index in [1.54, 1.807) is 31.4 Å². The van der Waals surface area contributed by atoms with Crippen molar-refractivity contribution in [2.75, 3.05) is 26.9 Å². The molecule has 24 heavy (non-hydrogen) atoms. The topological polar surface area (TPSA) is 38.8 Å². The fourth-order valence-corrected chi connectivity index (χ4v) is 3.03.